The Kier molecular flexibility index (Phi) is 7.04. The Morgan fingerprint density at radius 3 is 2.11 bits per heavy atom. The van der Waals surface area contributed by atoms with E-state index >= 15 is 0 Å². The molecule has 3 aliphatic heterocycles. The van der Waals surface area contributed by atoms with Crippen LogP contribution >= 0.6 is 0 Å². The summed E-state index contributed by atoms with van der Waals surface area (Å²) in [5.41, 5.74) is 8.48. The number of aliphatic carboxylic acids is 1. The molecule has 7 nitrogen and oxygen atoms in total. The van der Waals surface area contributed by atoms with E-state index in [0.29, 0.717) is 19.1 Å². The fraction of sp³-hybridized carbons (Fsp3) is 0.517. The van der Waals surface area contributed by atoms with Crippen molar-refractivity contribution in [2.45, 2.75) is 59.2 Å². The highest BCUT2D eigenvalue weighted by Crippen LogP contribution is 2.40. The molecule has 1 N–H and O–H groups in total. The van der Waals surface area contributed by atoms with Gasteiger partial charge < -0.3 is 19.6 Å². The van der Waals surface area contributed by atoms with Gasteiger partial charge in [-0.2, -0.15) is 0 Å². The standard InChI is InChI=1S/C29H37N3O4/c1-19-4-6-22(7-5-19)28-21(3)26-18-32(17-25(26)20(2)24(28)16-27(33)34)29(35)31-10-8-23(9-11-31)30-12-14-36-15-13-30/h4-7,23H,8-18H2,1-3H3,(H,33,34). The first-order valence-electron chi connectivity index (χ1n) is 13.1. The van der Waals surface area contributed by atoms with E-state index in [1.165, 1.54) is 11.1 Å². The number of urea groups is 1. The predicted octanol–water partition coefficient (Wildman–Crippen LogP) is 4.14. The van der Waals surface area contributed by atoms with Crippen molar-refractivity contribution in [3.8, 4) is 11.1 Å². The minimum atomic E-state index is -0.833. The summed E-state index contributed by atoms with van der Waals surface area (Å²) in [6.07, 6.45) is 1.99. The quantitative estimate of drug-likeness (QED) is 0.696. The third-order valence-corrected chi connectivity index (χ3v) is 8.33. The molecule has 0 radical (unpaired) electrons. The van der Waals surface area contributed by atoms with Crippen molar-refractivity contribution < 1.29 is 19.4 Å². The number of amides is 2. The van der Waals surface area contributed by atoms with Crippen LogP contribution in [-0.4, -0.2) is 77.2 Å². The summed E-state index contributed by atoms with van der Waals surface area (Å²) >= 11 is 0. The Morgan fingerprint density at radius 2 is 1.50 bits per heavy atom. The maximum atomic E-state index is 13.6. The number of piperidine rings is 1. The maximum absolute atomic E-state index is 13.6. The van der Waals surface area contributed by atoms with Gasteiger partial charge in [-0.05, 0) is 72.6 Å². The molecule has 0 unspecified atom stereocenters. The van der Waals surface area contributed by atoms with Gasteiger partial charge in [0.15, 0.2) is 0 Å². The largest absolute Gasteiger partial charge is 0.481 e. The van der Waals surface area contributed by atoms with Crippen molar-refractivity contribution in [1.82, 2.24) is 14.7 Å². The third-order valence-electron chi connectivity index (χ3n) is 8.33. The Balaban J connectivity index is 1.37. The average molecular weight is 492 g/mol. The van der Waals surface area contributed by atoms with E-state index < -0.39 is 5.97 Å². The number of carbonyl (C=O) groups is 2. The van der Waals surface area contributed by atoms with Gasteiger partial charge in [0.25, 0.3) is 0 Å². The van der Waals surface area contributed by atoms with Crippen molar-refractivity contribution >= 4 is 12.0 Å². The normalized spacial score (nSPS) is 19.0. The number of benzene rings is 2. The lowest BCUT2D eigenvalue weighted by molar-refractivity contribution is -0.136. The fourth-order valence-corrected chi connectivity index (χ4v) is 6.25. The number of rotatable bonds is 4. The number of carboxylic acids is 1. The Morgan fingerprint density at radius 1 is 0.889 bits per heavy atom. The molecule has 3 aliphatic rings. The summed E-state index contributed by atoms with van der Waals surface area (Å²) in [5, 5.41) is 9.69. The Bertz CT molecular complexity index is 1150. The highest BCUT2D eigenvalue weighted by Gasteiger charge is 2.34. The summed E-state index contributed by atoms with van der Waals surface area (Å²) in [6, 6.07) is 8.92. The summed E-state index contributed by atoms with van der Waals surface area (Å²) < 4.78 is 5.49. The summed E-state index contributed by atoms with van der Waals surface area (Å²) in [5.74, 6) is -0.833. The van der Waals surface area contributed by atoms with Crippen LogP contribution in [0, 0.1) is 20.8 Å². The molecule has 2 saturated heterocycles. The van der Waals surface area contributed by atoms with Crippen LogP contribution in [0.5, 0.6) is 0 Å². The molecule has 192 valence electrons. The van der Waals surface area contributed by atoms with Crippen LogP contribution in [0.1, 0.15) is 46.2 Å². The van der Waals surface area contributed by atoms with Crippen molar-refractivity contribution in [3.63, 3.8) is 0 Å². The van der Waals surface area contributed by atoms with E-state index in [9.17, 15) is 14.7 Å². The number of ether oxygens (including phenoxy) is 1. The predicted molar refractivity (Wildman–Crippen MR) is 139 cm³/mol. The third kappa shape index (κ3) is 4.74. The molecule has 2 amide bonds. The van der Waals surface area contributed by atoms with Crippen molar-refractivity contribution in [2.24, 2.45) is 0 Å². The van der Waals surface area contributed by atoms with Gasteiger partial charge in [-0.3, -0.25) is 9.69 Å². The number of hydrogen-bond donors (Lipinski definition) is 1. The van der Waals surface area contributed by atoms with E-state index in [1.54, 1.807) is 0 Å². The van der Waals surface area contributed by atoms with Gasteiger partial charge in [-0.1, -0.05) is 29.8 Å². The second kappa shape index (κ2) is 10.2. The first kappa shape index (κ1) is 24.8. The second-order valence-electron chi connectivity index (χ2n) is 10.5. The van der Waals surface area contributed by atoms with Gasteiger partial charge in [0.2, 0.25) is 0 Å². The van der Waals surface area contributed by atoms with Gasteiger partial charge in [0.1, 0.15) is 0 Å². The molecular weight excluding hydrogens is 454 g/mol. The zero-order valence-electron chi connectivity index (χ0n) is 21.7. The SMILES string of the molecule is Cc1ccc(-c2c(C)c3c(c(C)c2CC(=O)O)CN(C(=O)N2CCC(N4CCOCC4)CC2)C3)cc1. The van der Waals surface area contributed by atoms with E-state index in [-0.39, 0.29) is 12.5 Å². The minimum absolute atomic E-state index is 0.0217. The number of morpholine rings is 1. The highest BCUT2D eigenvalue weighted by molar-refractivity contribution is 5.83. The number of hydrogen-bond acceptors (Lipinski definition) is 4. The lowest BCUT2D eigenvalue weighted by atomic mass is 9.84. The lowest BCUT2D eigenvalue weighted by Gasteiger charge is -2.40. The average Bonchev–Trinajstić information content (AvgIpc) is 3.34. The van der Waals surface area contributed by atoms with Crippen LogP contribution in [0.3, 0.4) is 0 Å². The van der Waals surface area contributed by atoms with Gasteiger partial charge >= 0.3 is 12.0 Å². The first-order chi connectivity index (χ1) is 17.3. The smallest absolute Gasteiger partial charge is 0.320 e. The van der Waals surface area contributed by atoms with E-state index in [1.807, 2.05) is 16.7 Å². The topological polar surface area (TPSA) is 73.3 Å². The first-order valence-corrected chi connectivity index (χ1v) is 13.1. The van der Waals surface area contributed by atoms with Gasteiger partial charge in [-0.25, -0.2) is 4.79 Å². The molecule has 2 fully saturated rings. The molecule has 0 aliphatic carbocycles. The van der Waals surface area contributed by atoms with Crippen molar-refractivity contribution in [1.29, 1.82) is 0 Å². The van der Waals surface area contributed by atoms with Gasteiger partial charge in [-0.15, -0.1) is 0 Å². The van der Waals surface area contributed by atoms with Crippen LogP contribution in [0.25, 0.3) is 11.1 Å². The summed E-state index contributed by atoms with van der Waals surface area (Å²) in [4.78, 5) is 31.8. The molecule has 0 spiro atoms. The second-order valence-corrected chi connectivity index (χ2v) is 10.5. The monoisotopic (exact) mass is 491 g/mol. The fourth-order valence-electron chi connectivity index (χ4n) is 6.25. The van der Waals surface area contributed by atoms with Crippen LogP contribution in [0.4, 0.5) is 4.79 Å². The van der Waals surface area contributed by atoms with E-state index in [2.05, 4.69) is 43.0 Å². The highest BCUT2D eigenvalue weighted by atomic mass is 16.5. The minimum Gasteiger partial charge on any atom is -0.481 e. The number of nitrogens with zero attached hydrogens (tertiary/aromatic N) is 3. The molecule has 36 heavy (non-hydrogen) atoms. The Labute approximate surface area is 213 Å². The number of carbonyl (C=O) groups excluding carboxylic acids is 1. The molecule has 0 saturated carbocycles. The molecule has 2 aromatic rings. The van der Waals surface area contributed by atoms with E-state index in [0.717, 1.165) is 85.6 Å². The maximum Gasteiger partial charge on any atom is 0.320 e. The number of carboxylic acid groups (broad SMARTS) is 1. The number of aryl methyl sites for hydroxylation is 1. The molecule has 0 aromatic heterocycles. The molecular formula is C29H37N3O4. The zero-order chi connectivity index (χ0) is 25.4. The van der Waals surface area contributed by atoms with Gasteiger partial charge in [0, 0.05) is 45.3 Å². The molecule has 2 aromatic carbocycles. The van der Waals surface area contributed by atoms with Crippen LogP contribution in [-0.2, 0) is 29.0 Å². The molecule has 7 heteroatoms. The van der Waals surface area contributed by atoms with Crippen molar-refractivity contribution in [2.75, 3.05) is 39.4 Å². The van der Waals surface area contributed by atoms with Crippen LogP contribution in [0.2, 0.25) is 0 Å². The van der Waals surface area contributed by atoms with Crippen LogP contribution < -0.4 is 0 Å². The number of fused-ring (bicyclic) bond motifs is 1. The van der Waals surface area contributed by atoms with E-state index in [4.69, 9.17) is 4.74 Å². The van der Waals surface area contributed by atoms with Crippen LogP contribution in [0.15, 0.2) is 24.3 Å². The lowest BCUT2D eigenvalue weighted by Crippen LogP contribution is -2.51. The van der Waals surface area contributed by atoms with Gasteiger partial charge in [0.05, 0.1) is 19.6 Å². The zero-order valence-corrected chi connectivity index (χ0v) is 21.7. The molecule has 0 atom stereocenters. The summed E-state index contributed by atoms with van der Waals surface area (Å²) in [6.45, 7) is 12.4. The number of likely N-dealkylation sites (tertiary alicyclic amines) is 1. The Hall–Kier alpha value is -2.90. The summed E-state index contributed by atoms with van der Waals surface area (Å²) in [7, 11) is 0. The molecule has 3 heterocycles. The molecule has 0 bridgehead atoms. The molecule has 5 rings (SSSR count). The van der Waals surface area contributed by atoms with Crippen molar-refractivity contribution in [3.05, 3.63) is 57.6 Å².